The molecule has 8 atom stereocenters. The van der Waals surface area contributed by atoms with Gasteiger partial charge in [0.2, 0.25) is 0 Å². The Morgan fingerprint density at radius 1 is 0.833 bits per heavy atom. The quantitative estimate of drug-likeness (QED) is 0.503. The van der Waals surface area contributed by atoms with E-state index in [1.165, 1.54) is 25.7 Å². The molecule has 0 nitrogen and oxygen atoms in total. The predicted octanol–water partition coefficient (Wildman–Crippen LogP) is 7.47. The number of hydrogen-bond acceptors (Lipinski definition) is 0. The van der Waals surface area contributed by atoms with Gasteiger partial charge in [-0.2, -0.15) is 0 Å². The van der Waals surface area contributed by atoms with Crippen LogP contribution in [0.4, 0.5) is 0 Å². The fraction of sp³-hybridized carbons (Fsp3) is 1.00. The van der Waals surface area contributed by atoms with E-state index in [0.717, 1.165) is 40.9 Å². The van der Waals surface area contributed by atoms with Gasteiger partial charge in [-0.3, -0.25) is 0 Å². The summed E-state index contributed by atoms with van der Waals surface area (Å²) in [5, 5.41) is 0. The van der Waals surface area contributed by atoms with Crippen LogP contribution in [-0.2, 0) is 0 Å². The Morgan fingerprint density at radius 2 is 1.62 bits per heavy atom. The van der Waals surface area contributed by atoms with Crippen molar-refractivity contribution >= 4 is 0 Å². The topological polar surface area (TPSA) is 0 Å². The largest absolute Gasteiger partial charge is 0.0654 e. The first-order valence-corrected chi connectivity index (χ1v) is 11.5. The number of rotatable bonds is 3. The first kappa shape index (κ1) is 17.4. The van der Waals surface area contributed by atoms with Crippen molar-refractivity contribution in [1.82, 2.24) is 0 Å². The van der Waals surface area contributed by atoms with Crippen LogP contribution in [0.2, 0.25) is 0 Å². The minimum Gasteiger partial charge on any atom is -0.0654 e. The molecule has 0 aliphatic heterocycles. The highest BCUT2D eigenvalue weighted by Crippen LogP contribution is 2.68. The van der Waals surface area contributed by atoms with Gasteiger partial charge >= 0.3 is 0 Å². The lowest BCUT2D eigenvalue weighted by Crippen LogP contribution is -2.53. The molecule has 4 aliphatic rings. The fourth-order valence-electron chi connectivity index (χ4n) is 8.93. The van der Waals surface area contributed by atoms with E-state index in [-0.39, 0.29) is 0 Å². The Hall–Kier alpha value is 0. The van der Waals surface area contributed by atoms with E-state index in [1.807, 2.05) is 0 Å². The van der Waals surface area contributed by atoms with E-state index >= 15 is 0 Å². The standard InChI is InChI=1S/C24H42/c1-5-8-17(2)20-12-13-21-19-11-10-18-9-6-7-15-23(18,3)22(19)14-16-24(20,21)4/h17-22H,5-16H2,1-4H3/t17?,18?,19?,20?,21?,22?,23-,24+/m0/s1. The van der Waals surface area contributed by atoms with E-state index in [4.69, 9.17) is 0 Å². The molecule has 6 unspecified atom stereocenters. The van der Waals surface area contributed by atoms with Crippen LogP contribution in [0.1, 0.15) is 105 Å². The molecule has 0 saturated heterocycles. The van der Waals surface area contributed by atoms with Gasteiger partial charge < -0.3 is 0 Å². The molecule has 138 valence electrons. The van der Waals surface area contributed by atoms with E-state index in [0.29, 0.717) is 5.41 Å². The minimum atomic E-state index is 0.688. The highest BCUT2D eigenvalue weighted by molar-refractivity contribution is 5.09. The second kappa shape index (κ2) is 6.31. The maximum Gasteiger partial charge on any atom is -0.0264 e. The number of fused-ring (bicyclic) bond motifs is 5. The van der Waals surface area contributed by atoms with Crippen molar-refractivity contribution in [1.29, 1.82) is 0 Å². The van der Waals surface area contributed by atoms with Crippen molar-refractivity contribution in [3.8, 4) is 0 Å². The molecule has 24 heavy (non-hydrogen) atoms. The minimum absolute atomic E-state index is 0.688. The summed E-state index contributed by atoms with van der Waals surface area (Å²) >= 11 is 0. The molecule has 4 aliphatic carbocycles. The Labute approximate surface area is 151 Å². The van der Waals surface area contributed by atoms with Gasteiger partial charge in [0.25, 0.3) is 0 Å². The summed E-state index contributed by atoms with van der Waals surface area (Å²) in [5.74, 6) is 6.30. The van der Waals surface area contributed by atoms with Crippen LogP contribution in [-0.4, -0.2) is 0 Å². The van der Waals surface area contributed by atoms with Crippen LogP contribution in [0.5, 0.6) is 0 Å². The highest BCUT2D eigenvalue weighted by Gasteiger charge is 2.59. The summed E-state index contributed by atoms with van der Waals surface area (Å²) in [6.45, 7) is 10.4. The van der Waals surface area contributed by atoms with Crippen molar-refractivity contribution < 1.29 is 0 Å². The van der Waals surface area contributed by atoms with Gasteiger partial charge in [0.05, 0.1) is 0 Å². The van der Waals surface area contributed by atoms with Crippen LogP contribution in [0.15, 0.2) is 0 Å². The van der Waals surface area contributed by atoms with E-state index in [1.54, 1.807) is 51.4 Å². The average molecular weight is 331 g/mol. The molecule has 4 rings (SSSR count). The highest BCUT2D eigenvalue weighted by atomic mass is 14.6. The van der Waals surface area contributed by atoms with Crippen molar-refractivity contribution in [2.24, 2.45) is 46.3 Å². The third-order valence-electron chi connectivity index (χ3n) is 10.1. The monoisotopic (exact) mass is 330 g/mol. The first-order valence-electron chi connectivity index (χ1n) is 11.5. The molecule has 0 heterocycles. The molecular weight excluding hydrogens is 288 g/mol. The van der Waals surface area contributed by atoms with Crippen molar-refractivity contribution in [3.63, 3.8) is 0 Å². The molecule has 0 amide bonds. The second-order valence-corrected chi connectivity index (χ2v) is 10.9. The van der Waals surface area contributed by atoms with Gasteiger partial charge in [0, 0.05) is 0 Å². The van der Waals surface area contributed by atoms with E-state index < -0.39 is 0 Å². The van der Waals surface area contributed by atoms with Gasteiger partial charge in [0.15, 0.2) is 0 Å². The van der Waals surface area contributed by atoms with Crippen molar-refractivity contribution in [3.05, 3.63) is 0 Å². The Morgan fingerprint density at radius 3 is 2.42 bits per heavy atom. The van der Waals surface area contributed by atoms with Crippen LogP contribution >= 0.6 is 0 Å². The zero-order chi connectivity index (χ0) is 16.9. The van der Waals surface area contributed by atoms with Crippen LogP contribution in [0.3, 0.4) is 0 Å². The predicted molar refractivity (Wildman–Crippen MR) is 104 cm³/mol. The molecule has 0 aromatic rings. The molecule has 0 spiro atoms. The van der Waals surface area contributed by atoms with Crippen LogP contribution in [0, 0.1) is 46.3 Å². The fourth-order valence-corrected chi connectivity index (χ4v) is 8.93. The molecule has 0 bridgehead atoms. The number of hydrogen-bond donors (Lipinski definition) is 0. The molecular formula is C24H42. The van der Waals surface area contributed by atoms with Gasteiger partial charge in [-0.15, -0.1) is 0 Å². The van der Waals surface area contributed by atoms with Gasteiger partial charge in [-0.1, -0.05) is 53.4 Å². The summed E-state index contributed by atoms with van der Waals surface area (Å²) < 4.78 is 0. The van der Waals surface area contributed by atoms with Gasteiger partial charge in [-0.25, -0.2) is 0 Å². The molecule has 0 radical (unpaired) electrons. The summed E-state index contributed by atoms with van der Waals surface area (Å²) in [6, 6.07) is 0. The third kappa shape index (κ3) is 2.44. The SMILES string of the molecule is CCCC(C)C1CCC2C3CCC4CCCC[C@]4(C)C3CC[C@]12C. The molecule has 0 aromatic carbocycles. The molecule has 4 saturated carbocycles. The Kier molecular flexibility index (Phi) is 4.58. The molecule has 4 fully saturated rings. The lowest BCUT2D eigenvalue weighted by molar-refractivity contribution is -0.114. The zero-order valence-corrected chi connectivity index (χ0v) is 16.9. The van der Waals surface area contributed by atoms with Crippen molar-refractivity contribution in [2.75, 3.05) is 0 Å². The van der Waals surface area contributed by atoms with E-state index in [2.05, 4.69) is 27.7 Å². The molecule has 0 aromatic heterocycles. The van der Waals surface area contributed by atoms with Crippen LogP contribution in [0.25, 0.3) is 0 Å². The zero-order valence-electron chi connectivity index (χ0n) is 16.9. The summed E-state index contributed by atoms with van der Waals surface area (Å²) in [4.78, 5) is 0. The maximum atomic E-state index is 2.73. The lowest BCUT2D eigenvalue weighted by atomic mass is 9.44. The Bertz CT molecular complexity index is 453. The maximum absolute atomic E-state index is 2.73. The van der Waals surface area contributed by atoms with Crippen molar-refractivity contribution in [2.45, 2.75) is 105 Å². The first-order chi connectivity index (χ1) is 11.5. The lowest BCUT2D eigenvalue weighted by Gasteiger charge is -2.61. The summed E-state index contributed by atoms with van der Waals surface area (Å²) in [6.07, 6.45) is 18.4. The normalized spacial score (nSPS) is 52.2. The third-order valence-corrected chi connectivity index (χ3v) is 10.1. The summed E-state index contributed by atoms with van der Waals surface area (Å²) in [7, 11) is 0. The van der Waals surface area contributed by atoms with Crippen LogP contribution < -0.4 is 0 Å². The van der Waals surface area contributed by atoms with Gasteiger partial charge in [-0.05, 0) is 97.7 Å². The molecule has 0 heteroatoms. The Balaban J connectivity index is 1.57. The second-order valence-electron chi connectivity index (χ2n) is 10.9. The van der Waals surface area contributed by atoms with Gasteiger partial charge in [0.1, 0.15) is 0 Å². The average Bonchev–Trinajstić information content (AvgIpc) is 2.92. The smallest absolute Gasteiger partial charge is 0.0264 e. The van der Waals surface area contributed by atoms with E-state index in [9.17, 15) is 0 Å². The summed E-state index contributed by atoms with van der Waals surface area (Å²) in [5.41, 5.74) is 1.41. The molecule has 0 N–H and O–H groups in total.